The van der Waals surface area contributed by atoms with E-state index in [2.05, 4.69) is 52.1 Å². The van der Waals surface area contributed by atoms with E-state index in [1.807, 2.05) is 24.3 Å². The van der Waals surface area contributed by atoms with Crippen LogP contribution in [0.3, 0.4) is 0 Å². The van der Waals surface area contributed by atoms with Crippen LogP contribution < -0.4 is 11.5 Å². The number of benzene rings is 2. The van der Waals surface area contributed by atoms with Gasteiger partial charge in [-0.3, -0.25) is 4.68 Å². The van der Waals surface area contributed by atoms with Gasteiger partial charge >= 0.3 is 0 Å². The lowest BCUT2D eigenvalue weighted by atomic mass is 9.81. The summed E-state index contributed by atoms with van der Waals surface area (Å²) in [5, 5.41) is 14.0. The minimum atomic E-state index is -0.0574. The number of aromatic nitrogens is 2. The van der Waals surface area contributed by atoms with Crippen molar-refractivity contribution >= 4 is 23.3 Å². The molecule has 0 radical (unpaired) electrons. The summed E-state index contributed by atoms with van der Waals surface area (Å²) >= 11 is 6.48. The minimum absolute atomic E-state index is 0.0574. The van der Waals surface area contributed by atoms with Crippen molar-refractivity contribution < 1.29 is 0 Å². The van der Waals surface area contributed by atoms with Gasteiger partial charge in [-0.2, -0.15) is 10.2 Å². The summed E-state index contributed by atoms with van der Waals surface area (Å²) in [6.45, 7) is 2.88. The molecule has 0 aliphatic heterocycles. The molecule has 7 heteroatoms. The second-order valence-corrected chi connectivity index (χ2v) is 7.97. The van der Waals surface area contributed by atoms with Gasteiger partial charge in [-0.1, -0.05) is 60.1 Å². The molecule has 4 N–H and O–H groups in total. The van der Waals surface area contributed by atoms with E-state index in [0.29, 0.717) is 6.42 Å². The van der Waals surface area contributed by atoms with Crippen molar-refractivity contribution in [2.45, 2.75) is 38.6 Å². The van der Waals surface area contributed by atoms with Gasteiger partial charge in [0.05, 0.1) is 11.4 Å². The lowest BCUT2D eigenvalue weighted by Crippen LogP contribution is -2.23. The fourth-order valence-corrected chi connectivity index (χ4v) is 4.39. The number of rotatable bonds is 5. The van der Waals surface area contributed by atoms with Crippen LogP contribution in [-0.2, 0) is 19.4 Å². The highest BCUT2D eigenvalue weighted by Crippen LogP contribution is 2.37. The van der Waals surface area contributed by atoms with E-state index in [1.54, 1.807) is 0 Å². The first-order valence-electron chi connectivity index (χ1n) is 10.0. The van der Waals surface area contributed by atoms with Gasteiger partial charge in [-0.25, -0.2) is 0 Å². The highest BCUT2D eigenvalue weighted by atomic mass is 35.5. The molecule has 3 aromatic rings. The highest BCUT2D eigenvalue weighted by molar-refractivity contribution is 6.31. The minimum Gasteiger partial charge on any atom is -0.369 e. The van der Waals surface area contributed by atoms with E-state index in [4.69, 9.17) is 28.2 Å². The third kappa shape index (κ3) is 4.24. The number of hydrogen-bond acceptors (Lipinski definition) is 3. The van der Waals surface area contributed by atoms with E-state index in [9.17, 15) is 0 Å². The Morgan fingerprint density at radius 3 is 2.57 bits per heavy atom. The predicted molar refractivity (Wildman–Crippen MR) is 122 cm³/mol. The number of halogens is 1. The molecule has 0 amide bonds. The Bertz CT molecular complexity index is 1100. The van der Waals surface area contributed by atoms with Crippen LogP contribution in [0, 0.1) is 6.92 Å². The fraction of sp³-hybridized carbons (Fsp3) is 0.261. The predicted octanol–water partition coefficient (Wildman–Crippen LogP) is 3.80. The van der Waals surface area contributed by atoms with Crippen LogP contribution in [0.15, 0.2) is 64.8 Å². The molecule has 154 valence electrons. The lowest BCUT2D eigenvalue weighted by molar-refractivity contribution is 0.582. The Balaban J connectivity index is 1.69. The molecular formula is C23H25ClN6. The fourth-order valence-electron chi connectivity index (χ4n) is 4.10. The third-order valence-electron chi connectivity index (χ3n) is 5.53. The SMILES string of the molecule is Cc1c2c(nn1CCc1ccccc1)CC(c1ccccc1Cl)C/C2=N/N=C(N)N. The number of aryl methyl sites for hydroxylation is 2. The van der Waals surface area contributed by atoms with Crippen LogP contribution in [0.2, 0.25) is 5.02 Å². The van der Waals surface area contributed by atoms with Gasteiger partial charge in [-0.15, -0.1) is 5.10 Å². The summed E-state index contributed by atoms with van der Waals surface area (Å²) in [6.07, 6.45) is 2.42. The molecule has 4 rings (SSSR count). The second-order valence-electron chi connectivity index (χ2n) is 7.56. The first kappa shape index (κ1) is 20.2. The molecule has 0 bridgehead atoms. The smallest absolute Gasteiger partial charge is 0.211 e. The summed E-state index contributed by atoms with van der Waals surface area (Å²) in [7, 11) is 0. The largest absolute Gasteiger partial charge is 0.369 e. The molecule has 0 spiro atoms. The number of nitrogens with two attached hydrogens (primary N) is 2. The van der Waals surface area contributed by atoms with Gasteiger partial charge in [0.1, 0.15) is 0 Å². The zero-order valence-corrected chi connectivity index (χ0v) is 17.7. The first-order valence-corrected chi connectivity index (χ1v) is 10.4. The molecular weight excluding hydrogens is 396 g/mol. The Morgan fingerprint density at radius 2 is 1.83 bits per heavy atom. The van der Waals surface area contributed by atoms with E-state index >= 15 is 0 Å². The number of fused-ring (bicyclic) bond motifs is 1. The molecule has 2 aromatic carbocycles. The molecule has 1 atom stereocenters. The Labute approximate surface area is 181 Å². The second kappa shape index (κ2) is 8.71. The van der Waals surface area contributed by atoms with Gasteiger partial charge < -0.3 is 11.5 Å². The van der Waals surface area contributed by atoms with Gasteiger partial charge in [0.15, 0.2) is 0 Å². The summed E-state index contributed by atoms with van der Waals surface area (Å²) in [4.78, 5) is 0. The lowest BCUT2D eigenvalue weighted by Gasteiger charge is -2.24. The van der Waals surface area contributed by atoms with Crippen molar-refractivity contribution in [3.05, 3.63) is 87.7 Å². The zero-order chi connectivity index (χ0) is 21.1. The maximum atomic E-state index is 6.48. The van der Waals surface area contributed by atoms with Crippen LogP contribution in [0.4, 0.5) is 0 Å². The van der Waals surface area contributed by atoms with Crippen molar-refractivity contribution in [1.82, 2.24) is 9.78 Å². The Hall–Kier alpha value is -3.12. The monoisotopic (exact) mass is 420 g/mol. The van der Waals surface area contributed by atoms with E-state index in [0.717, 1.165) is 52.6 Å². The van der Waals surface area contributed by atoms with Gasteiger partial charge in [0, 0.05) is 22.8 Å². The van der Waals surface area contributed by atoms with Crippen molar-refractivity contribution in [2.24, 2.45) is 21.7 Å². The molecule has 1 unspecified atom stereocenters. The molecule has 30 heavy (non-hydrogen) atoms. The van der Waals surface area contributed by atoms with Crippen molar-refractivity contribution in [2.75, 3.05) is 0 Å². The zero-order valence-electron chi connectivity index (χ0n) is 16.9. The van der Waals surface area contributed by atoms with Crippen molar-refractivity contribution in [3.8, 4) is 0 Å². The van der Waals surface area contributed by atoms with Crippen LogP contribution >= 0.6 is 11.6 Å². The van der Waals surface area contributed by atoms with E-state index in [-0.39, 0.29) is 11.9 Å². The molecule has 1 aromatic heterocycles. The molecule has 0 saturated carbocycles. The van der Waals surface area contributed by atoms with E-state index < -0.39 is 0 Å². The third-order valence-corrected chi connectivity index (χ3v) is 5.88. The molecule has 6 nitrogen and oxygen atoms in total. The number of nitrogens with zero attached hydrogens (tertiary/aromatic N) is 4. The maximum absolute atomic E-state index is 6.48. The summed E-state index contributed by atoms with van der Waals surface area (Å²) in [5.41, 5.74) is 17.4. The summed E-state index contributed by atoms with van der Waals surface area (Å²) in [6, 6.07) is 18.4. The molecule has 0 saturated heterocycles. The molecule has 1 heterocycles. The number of guanidine groups is 1. The highest BCUT2D eigenvalue weighted by Gasteiger charge is 2.31. The van der Waals surface area contributed by atoms with E-state index in [1.165, 1.54) is 5.56 Å². The summed E-state index contributed by atoms with van der Waals surface area (Å²) in [5.74, 6) is 0.120. The van der Waals surface area contributed by atoms with Crippen molar-refractivity contribution in [1.29, 1.82) is 0 Å². The van der Waals surface area contributed by atoms with Gasteiger partial charge in [0.2, 0.25) is 5.96 Å². The quantitative estimate of drug-likeness (QED) is 0.373. The van der Waals surface area contributed by atoms with Gasteiger partial charge in [-0.05, 0) is 49.3 Å². The van der Waals surface area contributed by atoms with Crippen LogP contribution in [0.25, 0.3) is 0 Å². The maximum Gasteiger partial charge on any atom is 0.211 e. The van der Waals surface area contributed by atoms with Gasteiger partial charge in [0.25, 0.3) is 0 Å². The normalized spacial score (nSPS) is 17.0. The standard InChI is InChI=1S/C23H25ClN6/c1-15-22-20(27-28-23(25)26)13-17(18-9-5-6-10-19(18)24)14-21(22)29-30(15)12-11-16-7-3-2-4-8-16/h2-10,17H,11-14H2,1H3,(H4,25,26,28)/b27-20-. The van der Waals surface area contributed by atoms with Crippen molar-refractivity contribution in [3.63, 3.8) is 0 Å². The molecule has 1 aliphatic carbocycles. The average molecular weight is 421 g/mol. The average Bonchev–Trinajstić information content (AvgIpc) is 3.07. The molecule has 1 aliphatic rings. The Morgan fingerprint density at radius 1 is 1.10 bits per heavy atom. The Kier molecular flexibility index (Phi) is 5.86. The summed E-state index contributed by atoms with van der Waals surface area (Å²) < 4.78 is 2.07. The molecule has 0 fully saturated rings. The van der Waals surface area contributed by atoms with Crippen LogP contribution in [0.5, 0.6) is 0 Å². The van der Waals surface area contributed by atoms with Crippen LogP contribution in [0.1, 0.15) is 40.4 Å². The first-order chi connectivity index (χ1) is 14.5. The topological polar surface area (TPSA) is 94.6 Å². The number of hydrogen-bond donors (Lipinski definition) is 2. The van der Waals surface area contributed by atoms with Crippen LogP contribution in [-0.4, -0.2) is 21.5 Å².